The normalized spacial score (nSPS) is 27.7. The van der Waals surface area contributed by atoms with Crippen molar-refractivity contribution in [2.75, 3.05) is 65.6 Å². The lowest BCUT2D eigenvalue weighted by Crippen LogP contribution is -2.56. The SMILES string of the molecule is Cl.O=C(C1CCNC1)N1CCN(S(=O)(=O)N2CCOCC2)CC1. The summed E-state index contributed by atoms with van der Waals surface area (Å²) in [6, 6.07) is 0. The van der Waals surface area contributed by atoms with E-state index in [9.17, 15) is 13.2 Å². The largest absolute Gasteiger partial charge is 0.379 e. The van der Waals surface area contributed by atoms with Crippen molar-refractivity contribution in [3.05, 3.63) is 0 Å². The van der Waals surface area contributed by atoms with Crippen LogP contribution in [0.2, 0.25) is 0 Å². The molecule has 0 radical (unpaired) electrons. The first-order valence-electron chi connectivity index (χ1n) is 7.91. The van der Waals surface area contributed by atoms with E-state index in [1.807, 2.05) is 4.90 Å². The van der Waals surface area contributed by atoms with Crippen LogP contribution in [0, 0.1) is 5.92 Å². The Balaban J connectivity index is 0.00000192. The van der Waals surface area contributed by atoms with E-state index in [0.717, 1.165) is 19.5 Å². The van der Waals surface area contributed by atoms with Crippen LogP contribution in [0.4, 0.5) is 0 Å². The highest BCUT2D eigenvalue weighted by molar-refractivity contribution is 7.86. The van der Waals surface area contributed by atoms with Crippen molar-refractivity contribution in [1.29, 1.82) is 0 Å². The molecule has 3 aliphatic rings. The molecule has 1 atom stereocenters. The molecule has 23 heavy (non-hydrogen) atoms. The van der Waals surface area contributed by atoms with Crippen LogP contribution in [-0.2, 0) is 19.7 Å². The standard InChI is InChI=1S/C13H24N4O4S.ClH/c18-13(12-1-2-14-11-12)15-3-5-16(6-4-15)22(19,20)17-7-9-21-10-8-17;/h12,14H,1-11H2;1H. The summed E-state index contributed by atoms with van der Waals surface area (Å²) >= 11 is 0. The van der Waals surface area contributed by atoms with Crippen LogP contribution < -0.4 is 5.32 Å². The predicted octanol–water partition coefficient (Wildman–Crippen LogP) is -1.26. The molecule has 3 heterocycles. The summed E-state index contributed by atoms with van der Waals surface area (Å²) in [6.45, 7) is 5.09. The van der Waals surface area contributed by atoms with Gasteiger partial charge in [-0.2, -0.15) is 17.0 Å². The van der Waals surface area contributed by atoms with Crippen LogP contribution in [0.3, 0.4) is 0 Å². The van der Waals surface area contributed by atoms with Crippen molar-refractivity contribution in [2.24, 2.45) is 5.92 Å². The highest BCUT2D eigenvalue weighted by atomic mass is 35.5. The van der Waals surface area contributed by atoms with Crippen molar-refractivity contribution in [3.8, 4) is 0 Å². The van der Waals surface area contributed by atoms with Crippen LogP contribution in [0.15, 0.2) is 0 Å². The molecule has 0 saturated carbocycles. The molecule has 0 aromatic carbocycles. The number of piperazine rings is 1. The second kappa shape index (κ2) is 8.09. The van der Waals surface area contributed by atoms with Gasteiger partial charge in [-0.1, -0.05) is 0 Å². The van der Waals surface area contributed by atoms with Crippen LogP contribution in [0.5, 0.6) is 0 Å². The summed E-state index contributed by atoms with van der Waals surface area (Å²) in [6.07, 6.45) is 0.880. The van der Waals surface area contributed by atoms with Gasteiger partial charge in [0.15, 0.2) is 0 Å². The van der Waals surface area contributed by atoms with Gasteiger partial charge in [0.1, 0.15) is 0 Å². The fourth-order valence-electron chi connectivity index (χ4n) is 3.20. The lowest BCUT2D eigenvalue weighted by Gasteiger charge is -2.38. The fraction of sp³-hybridized carbons (Fsp3) is 0.923. The zero-order chi connectivity index (χ0) is 15.6. The summed E-state index contributed by atoms with van der Waals surface area (Å²) in [5.74, 6) is 0.218. The highest BCUT2D eigenvalue weighted by Crippen LogP contribution is 2.17. The first-order valence-corrected chi connectivity index (χ1v) is 9.31. The average Bonchev–Trinajstić information content (AvgIpc) is 3.09. The number of nitrogens with zero attached hydrogens (tertiary/aromatic N) is 3. The number of nitrogens with one attached hydrogen (secondary N) is 1. The molecule has 0 aromatic heterocycles. The Morgan fingerprint density at radius 3 is 2.17 bits per heavy atom. The lowest BCUT2D eigenvalue weighted by atomic mass is 10.1. The van der Waals surface area contributed by atoms with Gasteiger partial charge >= 0.3 is 0 Å². The fourth-order valence-corrected chi connectivity index (χ4v) is 4.77. The van der Waals surface area contributed by atoms with E-state index in [1.54, 1.807) is 0 Å². The summed E-state index contributed by atoms with van der Waals surface area (Å²) in [7, 11) is -3.42. The van der Waals surface area contributed by atoms with E-state index >= 15 is 0 Å². The van der Waals surface area contributed by atoms with Crippen LogP contribution in [-0.4, -0.2) is 93.4 Å². The van der Waals surface area contributed by atoms with Gasteiger partial charge in [-0.05, 0) is 13.0 Å². The third-order valence-electron chi connectivity index (χ3n) is 4.58. The van der Waals surface area contributed by atoms with Gasteiger partial charge in [0.25, 0.3) is 10.2 Å². The van der Waals surface area contributed by atoms with E-state index < -0.39 is 10.2 Å². The Morgan fingerprint density at radius 2 is 1.61 bits per heavy atom. The number of hydrogen-bond acceptors (Lipinski definition) is 5. The quantitative estimate of drug-likeness (QED) is 0.672. The Hall–Kier alpha value is -0.450. The number of carbonyl (C=O) groups excluding carboxylic acids is 1. The first-order chi connectivity index (χ1) is 10.6. The van der Waals surface area contributed by atoms with Crippen molar-refractivity contribution >= 4 is 28.5 Å². The molecule has 134 valence electrons. The van der Waals surface area contributed by atoms with Gasteiger partial charge in [-0.25, -0.2) is 0 Å². The number of hydrogen-bond donors (Lipinski definition) is 1. The summed E-state index contributed by atoms with van der Waals surface area (Å²) in [4.78, 5) is 14.2. The zero-order valence-corrected chi connectivity index (χ0v) is 14.8. The van der Waals surface area contributed by atoms with Gasteiger partial charge < -0.3 is 15.0 Å². The molecule has 3 aliphatic heterocycles. The number of halogens is 1. The van der Waals surface area contributed by atoms with Gasteiger partial charge in [-0.15, -0.1) is 12.4 Å². The molecule has 8 nitrogen and oxygen atoms in total. The maximum atomic E-state index is 12.6. The van der Waals surface area contributed by atoms with Gasteiger partial charge in [0.05, 0.1) is 19.1 Å². The van der Waals surface area contributed by atoms with E-state index in [-0.39, 0.29) is 24.2 Å². The lowest BCUT2D eigenvalue weighted by molar-refractivity contribution is -0.136. The van der Waals surface area contributed by atoms with Crippen LogP contribution >= 0.6 is 12.4 Å². The maximum Gasteiger partial charge on any atom is 0.282 e. The van der Waals surface area contributed by atoms with Crippen LogP contribution in [0.1, 0.15) is 6.42 Å². The Bertz CT molecular complexity index is 498. The molecule has 0 bridgehead atoms. The number of rotatable bonds is 3. The minimum absolute atomic E-state index is 0. The predicted molar refractivity (Wildman–Crippen MR) is 87.7 cm³/mol. The van der Waals surface area contributed by atoms with Gasteiger partial charge in [-0.3, -0.25) is 4.79 Å². The summed E-state index contributed by atoms with van der Waals surface area (Å²) < 4.78 is 33.3. The van der Waals surface area contributed by atoms with Crippen molar-refractivity contribution in [3.63, 3.8) is 0 Å². The maximum absolute atomic E-state index is 12.6. The molecule has 3 saturated heterocycles. The second-order valence-corrected chi connectivity index (χ2v) is 7.86. The number of carbonyl (C=O) groups is 1. The summed E-state index contributed by atoms with van der Waals surface area (Å²) in [5.41, 5.74) is 0. The molecule has 0 aromatic rings. The average molecular weight is 369 g/mol. The number of morpholine rings is 1. The third kappa shape index (κ3) is 4.15. The molecule has 1 unspecified atom stereocenters. The molecule has 0 spiro atoms. The van der Waals surface area contributed by atoms with Gasteiger partial charge in [0.2, 0.25) is 5.91 Å². The summed E-state index contributed by atoms with van der Waals surface area (Å²) in [5, 5.41) is 3.20. The molecular weight excluding hydrogens is 344 g/mol. The molecule has 1 amide bonds. The van der Waals surface area contributed by atoms with E-state index in [2.05, 4.69) is 5.32 Å². The van der Waals surface area contributed by atoms with Crippen molar-refractivity contribution in [1.82, 2.24) is 18.8 Å². The first kappa shape index (κ1) is 18.9. The van der Waals surface area contributed by atoms with Gasteiger partial charge in [0, 0.05) is 45.8 Å². The van der Waals surface area contributed by atoms with Crippen molar-refractivity contribution in [2.45, 2.75) is 6.42 Å². The minimum atomic E-state index is -3.42. The molecule has 3 fully saturated rings. The number of amides is 1. The van der Waals surface area contributed by atoms with E-state index in [4.69, 9.17) is 4.74 Å². The number of ether oxygens (including phenoxy) is 1. The molecule has 0 aliphatic carbocycles. The minimum Gasteiger partial charge on any atom is -0.379 e. The Labute approximate surface area is 143 Å². The van der Waals surface area contributed by atoms with Crippen molar-refractivity contribution < 1.29 is 17.9 Å². The third-order valence-corrected chi connectivity index (χ3v) is 6.62. The smallest absolute Gasteiger partial charge is 0.282 e. The topological polar surface area (TPSA) is 82.2 Å². The Morgan fingerprint density at radius 1 is 1.00 bits per heavy atom. The molecule has 10 heteroatoms. The molecule has 1 N–H and O–H groups in total. The van der Waals surface area contributed by atoms with E-state index in [0.29, 0.717) is 52.5 Å². The second-order valence-electron chi connectivity index (χ2n) is 5.93. The zero-order valence-electron chi connectivity index (χ0n) is 13.1. The molecular formula is C13H25ClN4O4S. The van der Waals surface area contributed by atoms with E-state index in [1.165, 1.54) is 8.61 Å². The molecule has 3 rings (SSSR count). The monoisotopic (exact) mass is 368 g/mol. The van der Waals surface area contributed by atoms with Crippen LogP contribution in [0.25, 0.3) is 0 Å². The Kier molecular flexibility index (Phi) is 6.64. The highest BCUT2D eigenvalue weighted by Gasteiger charge is 2.35.